The monoisotopic (exact) mass is 631 g/mol. The summed E-state index contributed by atoms with van der Waals surface area (Å²) in [7, 11) is -7.43. The Hall–Kier alpha value is -4.14. The fraction of sp³-hybridized carbons (Fsp3) is 0.310. The minimum atomic E-state index is -4.44. The van der Waals surface area contributed by atoms with Gasteiger partial charge in [-0.25, -0.2) is 26.7 Å². The van der Waals surface area contributed by atoms with Crippen molar-refractivity contribution in [2.75, 3.05) is 13.8 Å². The molecule has 0 aliphatic carbocycles. The standard InChI is InChI=1S/C29H33N3O9S2/c1-5-6-21-23(14-12-22(28(33)31-4)27(21)42(30,35)36)41-26(19-9-13-24-25(15-19)40-16-39-24)29(34)32-43(37,38)20-10-7-18(8-11-20)17(2)3/h7-15,17,26H,5-6,16H2,1-4H3,(H,31,33)(H,32,34)(H2,30,35,36). The molecule has 3 aromatic rings. The zero-order chi connectivity index (χ0) is 31.5. The van der Waals surface area contributed by atoms with Gasteiger partial charge in [-0.1, -0.05) is 45.4 Å². The molecule has 43 heavy (non-hydrogen) atoms. The first-order valence-electron chi connectivity index (χ1n) is 13.4. The van der Waals surface area contributed by atoms with E-state index in [-0.39, 0.29) is 46.5 Å². The molecule has 0 saturated carbocycles. The molecule has 3 aromatic carbocycles. The molecule has 0 spiro atoms. The molecule has 12 nitrogen and oxygen atoms in total. The van der Waals surface area contributed by atoms with Crippen molar-refractivity contribution in [2.24, 2.45) is 5.14 Å². The largest absolute Gasteiger partial charge is 0.475 e. The third-order valence-corrected chi connectivity index (χ3v) is 9.15. The zero-order valence-electron chi connectivity index (χ0n) is 24.0. The first kappa shape index (κ1) is 31.8. The number of nitrogens with one attached hydrogen (secondary N) is 2. The van der Waals surface area contributed by atoms with E-state index in [1.54, 1.807) is 19.1 Å². The lowest BCUT2D eigenvalue weighted by Crippen LogP contribution is -2.37. The highest BCUT2D eigenvalue weighted by molar-refractivity contribution is 7.90. The van der Waals surface area contributed by atoms with Gasteiger partial charge in [-0.15, -0.1) is 0 Å². The van der Waals surface area contributed by atoms with Crippen LogP contribution >= 0.6 is 0 Å². The van der Waals surface area contributed by atoms with Gasteiger partial charge in [0.1, 0.15) is 10.6 Å². The Kier molecular flexibility index (Phi) is 9.32. The van der Waals surface area contributed by atoms with Crippen LogP contribution in [0.3, 0.4) is 0 Å². The highest BCUT2D eigenvalue weighted by Crippen LogP contribution is 2.38. The summed E-state index contributed by atoms with van der Waals surface area (Å²) >= 11 is 0. The van der Waals surface area contributed by atoms with Crippen molar-refractivity contribution >= 4 is 31.9 Å². The normalized spacial score (nSPS) is 13.4. The topological polar surface area (TPSA) is 180 Å². The second-order valence-electron chi connectivity index (χ2n) is 10.1. The van der Waals surface area contributed by atoms with E-state index in [1.807, 2.05) is 13.8 Å². The highest BCUT2D eigenvalue weighted by atomic mass is 32.2. The molecule has 0 radical (unpaired) electrons. The molecular weight excluding hydrogens is 598 g/mol. The van der Waals surface area contributed by atoms with Gasteiger partial charge in [0.15, 0.2) is 11.5 Å². The minimum Gasteiger partial charge on any atom is -0.475 e. The summed E-state index contributed by atoms with van der Waals surface area (Å²) in [6, 6.07) is 13.2. The molecule has 0 aromatic heterocycles. The predicted molar refractivity (Wildman–Crippen MR) is 157 cm³/mol. The number of carbonyl (C=O) groups excluding carboxylic acids is 2. The van der Waals surface area contributed by atoms with Crippen LogP contribution in [0.1, 0.15) is 66.3 Å². The van der Waals surface area contributed by atoms with Gasteiger partial charge < -0.3 is 19.5 Å². The Morgan fingerprint density at radius 1 is 0.953 bits per heavy atom. The SMILES string of the molecule is CCCc1c(OC(C(=O)NS(=O)(=O)c2ccc(C(C)C)cc2)c2ccc3c(c2)OCO3)ccc(C(=O)NC)c1S(N)(=O)=O. The third-order valence-electron chi connectivity index (χ3n) is 6.75. The van der Waals surface area contributed by atoms with Crippen LogP contribution in [-0.2, 0) is 31.3 Å². The van der Waals surface area contributed by atoms with Gasteiger partial charge in [0.2, 0.25) is 22.9 Å². The summed E-state index contributed by atoms with van der Waals surface area (Å²) in [6.45, 7) is 5.67. The second kappa shape index (κ2) is 12.6. The average Bonchev–Trinajstić information content (AvgIpc) is 3.43. The maximum atomic E-state index is 13.7. The van der Waals surface area contributed by atoms with Crippen molar-refractivity contribution in [3.63, 3.8) is 0 Å². The van der Waals surface area contributed by atoms with Crippen LogP contribution in [0.15, 0.2) is 64.4 Å². The van der Waals surface area contributed by atoms with Crippen molar-refractivity contribution in [3.8, 4) is 17.2 Å². The smallest absolute Gasteiger partial charge is 0.279 e. The van der Waals surface area contributed by atoms with Crippen LogP contribution in [-0.4, -0.2) is 42.5 Å². The van der Waals surface area contributed by atoms with Crippen LogP contribution in [0.4, 0.5) is 0 Å². The van der Waals surface area contributed by atoms with Gasteiger partial charge in [-0.2, -0.15) is 0 Å². The van der Waals surface area contributed by atoms with Crippen LogP contribution in [0.2, 0.25) is 0 Å². The average molecular weight is 632 g/mol. The van der Waals surface area contributed by atoms with Crippen molar-refractivity contribution in [3.05, 3.63) is 76.9 Å². The van der Waals surface area contributed by atoms with Gasteiger partial charge in [0, 0.05) is 18.2 Å². The summed E-state index contributed by atoms with van der Waals surface area (Å²) in [4.78, 5) is 25.6. The number of hydrogen-bond acceptors (Lipinski definition) is 9. The van der Waals surface area contributed by atoms with Crippen molar-refractivity contribution in [1.29, 1.82) is 0 Å². The van der Waals surface area contributed by atoms with E-state index in [9.17, 15) is 26.4 Å². The molecule has 1 atom stereocenters. The molecule has 2 amide bonds. The van der Waals surface area contributed by atoms with E-state index >= 15 is 0 Å². The Balaban J connectivity index is 1.80. The Morgan fingerprint density at radius 3 is 2.21 bits per heavy atom. The molecule has 1 heterocycles. The first-order chi connectivity index (χ1) is 20.3. The van der Waals surface area contributed by atoms with E-state index in [0.717, 1.165) is 5.56 Å². The number of ether oxygens (including phenoxy) is 3. The molecule has 1 unspecified atom stereocenters. The van der Waals surface area contributed by atoms with E-state index < -0.39 is 42.9 Å². The van der Waals surface area contributed by atoms with Crippen molar-refractivity contribution in [1.82, 2.24) is 10.0 Å². The molecule has 14 heteroatoms. The van der Waals surface area contributed by atoms with Gasteiger partial charge >= 0.3 is 0 Å². The highest BCUT2D eigenvalue weighted by Gasteiger charge is 2.32. The number of amides is 2. The number of nitrogens with two attached hydrogens (primary N) is 1. The molecule has 4 N–H and O–H groups in total. The Bertz CT molecular complexity index is 1750. The quantitative estimate of drug-likeness (QED) is 0.287. The number of fused-ring (bicyclic) bond motifs is 1. The number of primary sulfonamides is 1. The van der Waals surface area contributed by atoms with Crippen LogP contribution < -0.4 is 29.4 Å². The lowest BCUT2D eigenvalue weighted by atomic mass is 10.0. The van der Waals surface area contributed by atoms with Crippen LogP contribution in [0.25, 0.3) is 0 Å². The van der Waals surface area contributed by atoms with Gasteiger partial charge in [-0.3, -0.25) is 9.59 Å². The van der Waals surface area contributed by atoms with E-state index in [2.05, 4.69) is 10.0 Å². The minimum absolute atomic E-state index is 0.0451. The summed E-state index contributed by atoms with van der Waals surface area (Å²) < 4.78 is 70.8. The molecule has 230 valence electrons. The van der Waals surface area contributed by atoms with E-state index in [0.29, 0.717) is 17.9 Å². The third kappa shape index (κ3) is 6.92. The summed E-state index contributed by atoms with van der Waals surface area (Å²) in [5, 5.41) is 7.92. The van der Waals surface area contributed by atoms with Gasteiger partial charge in [-0.05, 0) is 54.3 Å². The number of sulfonamides is 2. The zero-order valence-corrected chi connectivity index (χ0v) is 25.7. The van der Waals surface area contributed by atoms with E-state index in [1.165, 1.54) is 49.5 Å². The molecule has 1 aliphatic rings. The number of hydrogen-bond donors (Lipinski definition) is 3. The maximum Gasteiger partial charge on any atom is 0.279 e. The second-order valence-corrected chi connectivity index (χ2v) is 13.3. The van der Waals surface area contributed by atoms with Gasteiger partial charge in [0.05, 0.1) is 10.5 Å². The lowest BCUT2D eigenvalue weighted by molar-refractivity contribution is -0.126. The molecule has 0 fully saturated rings. The fourth-order valence-electron chi connectivity index (χ4n) is 4.60. The molecule has 0 saturated heterocycles. The predicted octanol–water partition coefficient (Wildman–Crippen LogP) is 3.12. The fourth-order valence-corrected chi connectivity index (χ4v) is 6.60. The maximum absolute atomic E-state index is 13.7. The Morgan fingerprint density at radius 2 is 1.60 bits per heavy atom. The number of benzene rings is 3. The Labute approximate surface area is 250 Å². The van der Waals surface area contributed by atoms with Crippen LogP contribution in [0.5, 0.6) is 17.2 Å². The molecule has 4 rings (SSSR count). The van der Waals surface area contributed by atoms with Crippen LogP contribution in [0, 0.1) is 0 Å². The first-order valence-corrected chi connectivity index (χ1v) is 16.4. The summed E-state index contributed by atoms with van der Waals surface area (Å²) in [5.41, 5.74) is 0.984. The van der Waals surface area contributed by atoms with E-state index in [4.69, 9.17) is 19.3 Å². The molecule has 1 aliphatic heterocycles. The lowest BCUT2D eigenvalue weighted by Gasteiger charge is -2.23. The van der Waals surface area contributed by atoms with Gasteiger partial charge in [0.25, 0.3) is 21.8 Å². The summed E-state index contributed by atoms with van der Waals surface area (Å²) in [6.07, 6.45) is -1.06. The molecule has 0 bridgehead atoms. The number of carbonyl (C=O) groups is 2. The van der Waals surface area contributed by atoms with Crippen molar-refractivity contribution in [2.45, 2.75) is 55.4 Å². The summed E-state index contributed by atoms with van der Waals surface area (Å²) in [5.74, 6) is -0.923. The van der Waals surface area contributed by atoms with Crippen molar-refractivity contribution < 1.29 is 40.6 Å². The number of rotatable bonds is 11. The molecular formula is C29H33N3O9S2.